The first-order chi connectivity index (χ1) is 16.0. The largest absolute Gasteiger partial charge is 0.492 e. The number of alkyl carbamates (subject to hydrolysis) is 1. The van der Waals surface area contributed by atoms with Crippen molar-refractivity contribution in [3.05, 3.63) is 95.1 Å². The van der Waals surface area contributed by atoms with Crippen LogP contribution in [0.4, 0.5) is 4.79 Å². The van der Waals surface area contributed by atoms with E-state index in [0.717, 1.165) is 16.5 Å². The van der Waals surface area contributed by atoms with E-state index in [0.29, 0.717) is 29.5 Å². The molecule has 3 aromatic carbocycles. The van der Waals surface area contributed by atoms with E-state index < -0.39 is 17.6 Å². The summed E-state index contributed by atoms with van der Waals surface area (Å²) >= 11 is 6.03. The highest BCUT2D eigenvalue weighted by Gasteiger charge is 2.50. The molecule has 8 heteroatoms. The van der Waals surface area contributed by atoms with Crippen LogP contribution in [0.25, 0.3) is 10.9 Å². The molecule has 1 aliphatic rings. The van der Waals surface area contributed by atoms with Crippen molar-refractivity contribution in [2.45, 2.75) is 18.6 Å². The first-order valence-corrected chi connectivity index (χ1v) is 10.8. The molecule has 5 rings (SSSR count). The third-order valence-electron chi connectivity index (χ3n) is 5.64. The van der Waals surface area contributed by atoms with Gasteiger partial charge in [0, 0.05) is 22.4 Å². The van der Waals surface area contributed by atoms with Gasteiger partial charge in [-0.25, -0.2) is 4.79 Å². The number of fused-ring (bicyclic) bond motifs is 1. The number of nitrogens with one attached hydrogen (secondary N) is 1. The Bertz CT molecular complexity index is 1320. The van der Waals surface area contributed by atoms with Crippen molar-refractivity contribution in [1.29, 1.82) is 0 Å². The van der Waals surface area contributed by atoms with Gasteiger partial charge in [0.15, 0.2) is 0 Å². The molecular weight excluding hydrogens is 442 g/mol. The molecule has 0 aliphatic carbocycles. The minimum Gasteiger partial charge on any atom is -0.492 e. The van der Waals surface area contributed by atoms with Gasteiger partial charge in [0.05, 0.1) is 18.3 Å². The number of hydrogen-bond donors (Lipinski definition) is 1. The number of imide groups is 1. The number of amides is 2. The molecule has 4 aromatic rings. The molecule has 0 spiro atoms. The van der Waals surface area contributed by atoms with Crippen LogP contribution in [0.5, 0.6) is 5.75 Å². The fraction of sp³-hybridized carbons (Fsp3) is 0.160. The fourth-order valence-corrected chi connectivity index (χ4v) is 4.20. The van der Waals surface area contributed by atoms with Gasteiger partial charge in [0.25, 0.3) is 5.91 Å². The second kappa shape index (κ2) is 8.60. The average molecular weight is 462 g/mol. The van der Waals surface area contributed by atoms with Crippen LogP contribution in [0.2, 0.25) is 5.02 Å². The first kappa shape index (κ1) is 21.0. The minimum atomic E-state index is -1.38. The van der Waals surface area contributed by atoms with Crippen LogP contribution in [0.1, 0.15) is 11.1 Å². The molecule has 1 saturated heterocycles. The highest BCUT2D eigenvalue weighted by Crippen LogP contribution is 2.34. The van der Waals surface area contributed by atoms with Gasteiger partial charge in [-0.1, -0.05) is 54.1 Å². The summed E-state index contributed by atoms with van der Waals surface area (Å²) in [6.45, 7) is 1.02. The maximum atomic E-state index is 12.6. The molecule has 0 saturated carbocycles. The van der Waals surface area contributed by atoms with E-state index in [9.17, 15) is 9.59 Å². The van der Waals surface area contributed by atoms with Crippen LogP contribution < -0.4 is 10.1 Å². The van der Waals surface area contributed by atoms with Gasteiger partial charge >= 0.3 is 6.09 Å². The number of ether oxygens (including phenoxy) is 2. The number of nitrogens with zero attached hydrogens (tertiary/aromatic N) is 2. The fourth-order valence-electron chi connectivity index (χ4n) is 4.02. The van der Waals surface area contributed by atoms with Crippen molar-refractivity contribution in [2.24, 2.45) is 0 Å². The Kier molecular flexibility index (Phi) is 5.48. The molecule has 0 radical (unpaired) electrons. The van der Waals surface area contributed by atoms with E-state index in [4.69, 9.17) is 21.1 Å². The van der Waals surface area contributed by atoms with E-state index in [1.165, 1.54) is 0 Å². The second-order valence-electron chi connectivity index (χ2n) is 7.78. The maximum absolute atomic E-state index is 12.6. The van der Waals surface area contributed by atoms with E-state index in [1.54, 1.807) is 18.3 Å². The number of carbonyl (C=O) groups is 2. The molecule has 1 atom stereocenters. The van der Waals surface area contributed by atoms with E-state index in [-0.39, 0.29) is 6.42 Å². The van der Waals surface area contributed by atoms with Gasteiger partial charge in [-0.15, -0.1) is 0 Å². The van der Waals surface area contributed by atoms with E-state index in [2.05, 4.69) is 10.4 Å². The summed E-state index contributed by atoms with van der Waals surface area (Å²) in [5, 5.41) is 8.30. The Hall–Kier alpha value is -3.84. The molecule has 1 N–H and O–H groups in total. The molecule has 2 amide bonds. The Morgan fingerprint density at radius 3 is 2.55 bits per heavy atom. The lowest BCUT2D eigenvalue weighted by atomic mass is 9.86. The van der Waals surface area contributed by atoms with Crippen molar-refractivity contribution in [1.82, 2.24) is 15.1 Å². The van der Waals surface area contributed by atoms with Crippen molar-refractivity contribution in [2.75, 3.05) is 6.61 Å². The molecule has 166 valence electrons. The number of halogens is 1. The number of carbonyl (C=O) groups excluding carboxylic acids is 2. The number of cyclic esters (lactones) is 1. The topological polar surface area (TPSA) is 82.5 Å². The highest BCUT2D eigenvalue weighted by molar-refractivity contribution is 6.31. The average Bonchev–Trinajstić information content (AvgIpc) is 3.35. The molecule has 7 nitrogen and oxygen atoms in total. The summed E-state index contributed by atoms with van der Waals surface area (Å²) in [6.07, 6.45) is 1.26. The van der Waals surface area contributed by atoms with Gasteiger partial charge in [-0.3, -0.25) is 14.8 Å². The first-order valence-electron chi connectivity index (χ1n) is 10.5. The Labute approximate surface area is 194 Å². The van der Waals surface area contributed by atoms with Crippen LogP contribution >= 0.6 is 11.6 Å². The van der Waals surface area contributed by atoms with Crippen molar-refractivity contribution in [3.63, 3.8) is 0 Å². The third kappa shape index (κ3) is 4.15. The molecule has 1 unspecified atom stereocenters. The highest BCUT2D eigenvalue weighted by atomic mass is 35.5. The molecule has 1 fully saturated rings. The lowest BCUT2D eigenvalue weighted by Crippen LogP contribution is -2.38. The zero-order valence-corrected chi connectivity index (χ0v) is 18.3. The zero-order valence-electron chi connectivity index (χ0n) is 17.5. The summed E-state index contributed by atoms with van der Waals surface area (Å²) in [5.41, 5.74) is 1.08. The molecule has 1 aliphatic heterocycles. The lowest BCUT2D eigenvalue weighted by molar-refractivity contribution is -0.132. The lowest BCUT2D eigenvalue weighted by Gasteiger charge is -2.25. The van der Waals surface area contributed by atoms with E-state index in [1.807, 2.05) is 65.3 Å². The molecule has 33 heavy (non-hydrogen) atoms. The van der Waals surface area contributed by atoms with Crippen molar-refractivity contribution < 1.29 is 19.1 Å². The van der Waals surface area contributed by atoms with Gasteiger partial charge in [-0.05, 0) is 35.9 Å². The molecular formula is C25H20ClN3O4. The van der Waals surface area contributed by atoms with Gasteiger partial charge in [-0.2, -0.15) is 5.10 Å². The summed E-state index contributed by atoms with van der Waals surface area (Å²) in [7, 11) is 0. The van der Waals surface area contributed by atoms with Crippen LogP contribution in [0.15, 0.2) is 79.0 Å². The van der Waals surface area contributed by atoms with Gasteiger partial charge in [0.2, 0.25) is 5.60 Å². The van der Waals surface area contributed by atoms with Crippen LogP contribution in [-0.4, -0.2) is 28.4 Å². The molecule has 2 heterocycles. The van der Waals surface area contributed by atoms with Crippen molar-refractivity contribution in [3.8, 4) is 5.75 Å². The quantitative estimate of drug-likeness (QED) is 0.439. The normalized spacial score (nSPS) is 17.7. The standard InChI is InChI=1S/C25H20ClN3O4/c26-20-8-11-22-18(14-20)16-27-29(22)12-13-32-21-9-6-17(7-10-21)15-25(19-4-2-1-3-5-19)23(30)28-24(31)33-25/h1-11,14,16H,12-13,15H2,(H,28,30,31). The van der Waals surface area contributed by atoms with Crippen LogP contribution in [0.3, 0.4) is 0 Å². The van der Waals surface area contributed by atoms with Crippen LogP contribution in [-0.2, 0) is 28.1 Å². The summed E-state index contributed by atoms with van der Waals surface area (Å²) in [4.78, 5) is 24.5. The molecule has 0 bridgehead atoms. The number of benzene rings is 3. The second-order valence-corrected chi connectivity index (χ2v) is 8.21. The minimum absolute atomic E-state index is 0.219. The Morgan fingerprint density at radius 2 is 1.82 bits per heavy atom. The molecule has 1 aromatic heterocycles. The predicted molar refractivity (Wildman–Crippen MR) is 123 cm³/mol. The van der Waals surface area contributed by atoms with Crippen LogP contribution in [0, 0.1) is 0 Å². The maximum Gasteiger partial charge on any atom is 0.415 e. The summed E-state index contributed by atoms with van der Waals surface area (Å²) in [6, 6.07) is 22.1. The SMILES string of the molecule is O=C1NC(=O)C(Cc2ccc(OCCn3ncc4cc(Cl)ccc43)cc2)(c2ccccc2)O1. The number of aromatic nitrogens is 2. The van der Waals surface area contributed by atoms with Gasteiger partial charge in [0.1, 0.15) is 12.4 Å². The van der Waals surface area contributed by atoms with Crippen molar-refractivity contribution >= 4 is 34.5 Å². The number of rotatable bonds is 7. The smallest absolute Gasteiger partial charge is 0.415 e. The van der Waals surface area contributed by atoms with Gasteiger partial charge < -0.3 is 9.47 Å². The summed E-state index contributed by atoms with van der Waals surface area (Å²) in [5.74, 6) is 0.228. The summed E-state index contributed by atoms with van der Waals surface area (Å²) < 4.78 is 13.2. The zero-order chi connectivity index (χ0) is 22.8. The Balaban J connectivity index is 1.26. The van der Waals surface area contributed by atoms with E-state index >= 15 is 0 Å². The third-order valence-corrected chi connectivity index (χ3v) is 5.88. The Morgan fingerprint density at radius 1 is 1.03 bits per heavy atom. The number of hydrogen-bond acceptors (Lipinski definition) is 5. The monoisotopic (exact) mass is 461 g/mol. The predicted octanol–water partition coefficient (Wildman–Crippen LogP) is 4.47.